The minimum atomic E-state index is -0.0253. The number of ether oxygens (including phenoxy) is 1. The lowest BCUT2D eigenvalue weighted by atomic mass is 10.2. The van der Waals surface area contributed by atoms with Crippen LogP contribution in [-0.2, 0) is 4.79 Å². The Labute approximate surface area is 176 Å². The molecule has 1 heterocycles. The van der Waals surface area contributed by atoms with E-state index in [1.54, 1.807) is 37.9 Å². The number of amides is 1. The van der Waals surface area contributed by atoms with Crippen molar-refractivity contribution < 1.29 is 9.53 Å². The molecule has 9 heteroatoms. The Morgan fingerprint density at radius 3 is 2.93 bits per heavy atom. The predicted octanol–water partition coefficient (Wildman–Crippen LogP) is 1.91. The van der Waals surface area contributed by atoms with Crippen molar-refractivity contribution in [1.82, 2.24) is 15.5 Å². The normalized spacial score (nSPS) is 16.8. The van der Waals surface area contributed by atoms with E-state index >= 15 is 0 Å². The second-order valence-electron chi connectivity index (χ2n) is 6.76. The van der Waals surface area contributed by atoms with Gasteiger partial charge in [-0.1, -0.05) is 11.6 Å². The van der Waals surface area contributed by atoms with E-state index in [4.69, 9.17) is 16.3 Å². The zero-order valence-corrected chi connectivity index (χ0v) is 18.6. The molecule has 0 spiro atoms. The molecule has 1 aromatic carbocycles. The van der Waals surface area contributed by atoms with Crippen LogP contribution in [0.1, 0.15) is 6.42 Å². The van der Waals surface area contributed by atoms with Gasteiger partial charge in [0.05, 0.1) is 12.8 Å². The van der Waals surface area contributed by atoms with E-state index in [0.717, 1.165) is 43.2 Å². The van der Waals surface area contributed by atoms with Gasteiger partial charge in [-0.15, -0.1) is 0 Å². The van der Waals surface area contributed by atoms with Gasteiger partial charge >= 0.3 is 0 Å². The summed E-state index contributed by atoms with van der Waals surface area (Å²) in [6.07, 6.45) is 3.02. The lowest BCUT2D eigenvalue weighted by Gasteiger charge is -2.22. The van der Waals surface area contributed by atoms with Crippen LogP contribution in [0.2, 0.25) is 5.02 Å². The van der Waals surface area contributed by atoms with Crippen LogP contribution in [0.25, 0.3) is 0 Å². The Hall–Kier alpha value is -1.80. The number of carbonyl (C=O) groups excluding carboxylic acids is 1. The predicted molar refractivity (Wildman–Crippen MR) is 119 cm³/mol. The Bertz CT molecular complexity index is 686. The van der Waals surface area contributed by atoms with Gasteiger partial charge in [-0.2, -0.15) is 11.8 Å². The molecule has 156 valence electrons. The maximum atomic E-state index is 11.9. The average Bonchev–Trinajstić information content (AvgIpc) is 3.14. The van der Waals surface area contributed by atoms with E-state index in [2.05, 4.69) is 26.8 Å². The summed E-state index contributed by atoms with van der Waals surface area (Å²) in [6.45, 7) is 2.62. The molecule has 1 amide bonds. The number of guanidine groups is 1. The average molecular weight is 428 g/mol. The fourth-order valence-corrected chi connectivity index (χ4v) is 3.39. The first-order valence-electron chi connectivity index (χ1n) is 9.27. The highest BCUT2D eigenvalue weighted by Gasteiger charge is 2.25. The quantitative estimate of drug-likeness (QED) is 0.375. The zero-order chi connectivity index (χ0) is 20.5. The minimum Gasteiger partial charge on any atom is -0.495 e. The number of nitrogens with zero attached hydrogens (tertiary/aromatic N) is 3. The molecule has 1 saturated heterocycles. The van der Waals surface area contributed by atoms with Gasteiger partial charge in [0.2, 0.25) is 5.91 Å². The fraction of sp³-hybridized carbons (Fsp3) is 0.579. The molecular formula is C19H30ClN5O2S. The summed E-state index contributed by atoms with van der Waals surface area (Å²) in [5, 5.41) is 7.47. The summed E-state index contributed by atoms with van der Waals surface area (Å²) in [4.78, 5) is 20.1. The van der Waals surface area contributed by atoms with Crippen LogP contribution in [0.4, 0.5) is 5.69 Å². The van der Waals surface area contributed by atoms with Crippen LogP contribution >= 0.6 is 23.4 Å². The number of rotatable bonds is 8. The third-order valence-corrected chi connectivity index (χ3v) is 5.33. The van der Waals surface area contributed by atoms with Gasteiger partial charge in [0.1, 0.15) is 12.3 Å². The molecule has 0 saturated carbocycles. The van der Waals surface area contributed by atoms with Crippen LogP contribution < -0.4 is 20.3 Å². The van der Waals surface area contributed by atoms with Crippen molar-refractivity contribution in [2.45, 2.75) is 12.5 Å². The summed E-state index contributed by atoms with van der Waals surface area (Å²) < 4.78 is 5.48. The van der Waals surface area contributed by atoms with Crippen molar-refractivity contribution in [2.75, 3.05) is 64.3 Å². The first-order valence-corrected chi connectivity index (χ1v) is 11.0. The van der Waals surface area contributed by atoms with Gasteiger partial charge < -0.3 is 25.2 Å². The molecule has 1 aromatic rings. The van der Waals surface area contributed by atoms with Crippen molar-refractivity contribution in [3.05, 3.63) is 23.2 Å². The monoisotopic (exact) mass is 427 g/mol. The second-order valence-corrected chi connectivity index (χ2v) is 8.19. The first kappa shape index (κ1) is 22.5. The van der Waals surface area contributed by atoms with Crippen LogP contribution in [-0.4, -0.2) is 82.2 Å². The number of aliphatic imine (C=N–C) groups is 1. The molecule has 7 nitrogen and oxygen atoms in total. The van der Waals surface area contributed by atoms with E-state index in [1.165, 1.54) is 0 Å². The van der Waals surface area contributed by atoms with Crippen LogP contribution in [0.3, 0.4) is 0 Å². The largest absolute Gasteiger partial charge is 0.495 e. The van der Waals surface area contributed by atoms with Gasteiger partial charge in [-0.25, -0.2) is 4.99 Å². The molecule has 1 aliphatic rings. The maximum Gasteiger partial charge on any atom is 0.243 e. The highest BCUT2D eigenvalue weighted by atomic mass is 35.5. The van der Waals surface area contributed by atoms with Gasteiger partial charge in [0.15, 0.2) is 5.96 Å². The van der Waals surface area contributed by atoms with Crippen molar-refractivity contribution >= 4 is 40.9 Å². The summed E-state index contributed by atoms with van der Waals surface area (Å²) in [5.74, 6) is 2.43. The van der Waals surface area contributed by atoms with Crippen LogP contribution in [0, 0.1) is 0 Å². The first-order chi connectivity index (χ1) is 13.4. The van der Waals surface area contributed by atoms with Crippen LogP contribution in [0.15, 0.2) is 23.2 Å². The molecule has 0 aliphatic carbocycles. The molecular weight excluding hydrogens is 398 g/mol. The number of hydrogen-bond donors (Lipinski definition) is 2. The standard InChI is InChI=1S/C19H30ClN5O2S/c1-24(2)18(26)12-22-19(21-8-10-28-4)23-15-7-9-25(13-15)16-11-14(20)5-6-17(16)27-3/h5-6,11,15H,7-10,12-13H2,1-4H3,(H2,21,22,23). The number of methoxy groups -OCH3 is 1. The Morgan fingerprint density at radius 1 is 1.46 bits per heavy atom. The van der Waals surface area contributed by atoms with Crippen molar-refractivity contribution in [2.24, 2.45) is 4.99 Å². The Morgan fingerprint density at radius 2 is 2.25 bits per heavy atom. The second kappa shape index (κ2) is 11.3. The molecule has 0 bridgehead atoms. The Kier molecular flexibility index (Phi) is 9.05. The van der Waals surface area contributed by atoms with Gasteiger partial charge in [-0.05, 0) is 30.9 Å². The Balaban J connectivity index is 2.02. The third-order valence-electron chi connectivity index (χ3n) is 4.48. The lowest BCUT2D eigenvalue weighted by molar-refractivity contribution is -0.127. The van der Waals surface area contributed by atoms with Gasteiger partial charge in [-0.3, -0.25) is 4.79 Å². The van der Waals surface area contributed by atoms with Gasteiger partial charge in [0.25, 0.3) is 0 Å². The molecule has 1 atom stereocenters. The summed E-state index contributed by atoms with van der Waals surface area (Å²) in [5.41, 5.74) is 0.996. The zero-order valence-electron chi connectivity index (χ0n) is 17.0. The number of hydrogen-bond acceptors (Lipinski definition) is 5. The molecule has 2 N–H and O–H groups in total. The van der Waals surface area contributed by atoms with E-state index in [0.29, 0.717) is 11.0 Å². The summed E-state index contributed by atoms with van der Waals surface area (Å²) in [6, 6.07) is 5.88. The van der Waals surface area contributed by atoms with E-state index < -0.39 is 0 Å². The molecule has 1 unspecified atom stereocenters. The van der Waals surface area contributed by atoms with Crippen LogP contribution in [0.5, 0.6) is 5.75 Å². The SMILES string of the molecule is COc1ccc(Cl)cc1N1CCC(NC(=NCC(=O)N(C)C)NCCSC)C1. The highest BCUT2D eigenvalue weighted by molar-refractivity contribution is 7.98. The number of halogens is 1. The molecule has 0 radical (unpaired) electrons. The minimum absolute atomic E-state index is 0.0253. The number of benzene rings is 1. The number of carbonyl (C=O) groups is 1. The van der Waals surface area contributed by atoms with E-state index in [1.807, 2.05) is 18.2 Å². The maximum absolute atomic E-state index is 11.9. The van der Waals surface area contributed by atoms with Crippen molar-refractivity contribution in [3.63, 3.8) is 0 Å². The number of nitrogens with one attached hydrogen (secondary N) is 2. The van der Waals surface area contributed by atoms with Crippen molar-refractivity contribution in [1.29, 1.82) is 0 Å². The highest BCUT2D eigenvalue weighted by Crippen LogP contribution is 2.33. The molecule has 28 heavy (non-hydrogen) atoms. The summed E-state index contributed by atoms with van der Waals surface area (Å²) >= 11 is 7.94. The van der Waals surface area contributed by atoms with E-state index in [9.17, 15) is 4.79 Å². The molecule has 1 aliphatic heterocycles. The third kappa shape index (κ3) is 6.67. The smallest absolute Gasteiger partial charge is 0.243 e. The van der Waals surface area contributed by atoms with E-state index in [-0.39, 0.29) is 18.5 Å². The lowest BCUT2D eigenvalue weighted by Crippen LogP contribution is -2.45. The van der Waals surface area contributed by atoms with Crippen molar-refractivity contribution in [3.8, 4) is 5.75 Å². The van der Waals surface area contributed by atoms with Gasteiger partial charge in [0, 0.05) is 50.5 Å². The molecule has 1 fully saturated rings. The summed E-state index contributed by atoms with van der Waals surface area (Å²) in [7, 11) is 5.14. The fourth-order valence-electron chi connectivity index (χ4n) is 2.91. The number of likely N-dealkylation sites (N-methyl/N-ethyl adjacent to an activating group) is 1. The number of thioether (sulfide) groups is 1. The number of anilines is 1. The topological polar surface area (TPSA) is 69.2 Å². The molecule has 0 aromatic heterocycles. The molecule has 2 rings (SSSR count).